The highest BCUT2D eigenvalue weighted by Crippen LogP contribution is 2.20. The number of hydrogen-bond acceptors (Lipinski definition) is 5. The van der Waals surface area contributed by atoms with Gasteiger partial charge in [-0.1, -0.05) is 6.08 Å². The van der Waals surface area contributed by atoms with Crippen LogP contribution in [0.3, 0.4) is 0 Å². The molecular formula is C12H8N6. The second kappa shape index (κ2) is 3.36. The van der Waals surface area contributed by atoms with Crippen LogP contribution in [-0.2, 0) is 0 Å². The molecule has 0 saturated carbocycles. The van der Waals surface area contributed by atoms with Crippen LogP contribution in [-0.4, -0.2) is 33.6 Å². The van der Waals surface area contributed by atoms with E-state index in [-0.39, 0.29) is 0 Å². The van der Waals surface area contributed by atoms with E-state index in [1.54, 1.807) is 0 Å². The van der Waals surface area contributed by atoms with Crippen molar-refractivity contribution in [2.45, 2.75) is 0 Å². The van der Waals surface area contributed by atoms with Crippen molar-refractivity contribution in [3.8, 4) is 0 Å². The summed E-state index contributed by atoms with van der Waals surface area (Å²) in [5, 5.41) is 0. The molecule has 0 radical (unpaired) electrons. The summed E-state index contributed by atoms with van der Waals surface area (Å²) in [5.41, 5.74) is 0. The lowest BCUT2D eigenvalue weighted by atomic mass is 10.3. The fourth-order valence-electron chi connectivity index (χ4n) is 1.96. The molecule has 1 aromatic rings. The van der Waals surface area contributed by atoms with Gasteiger partial charge in [0.1, 0.15) is 18.0 Å². The van der Waals surface area contributed by atoms with Crippen LogP contribution in [0.25, 0.3) is 0 Å². The van der Waals surface area contributed by atoms with E-state index in [1.807, 2.05) is 52.2 Å². The number of rotatable bonds is 0. The Morgan fingerprint density at radius 1 is 1.00 bits per heavy atom. The van der Waals surface area contributed by atoms with Crippen molar-refractivity contribution in [2.75, 3.05) is 0 Å². The Kier molecular flexibility index (Phi) is 1.74. The summed E-state index contributed by atoms with van der Waals surface area (Å²) in [5.74, 6) is 2.76. The van der Waals surface area contributed by atoms with Gasteiger partial charge in [-0.2, -0.15) is 9.98 Å². The van der Waals surface area contributed by atoms with Crippen molar-refractivity contribution >= 4 is 24.1 Å². The molecule has 0 atom stereocenters. The van der Waals surface area contributed by atoms with Crippen molar-refractivity contribution in [3.63, 3.8) is 0 Å². The second-order valence-electron chi connectivity index (χ2n) is 3.87. The summed E-state index contributed by atoms with van der Waals surface area (Å²) in [4.78, 5) is 19.1. The summed E-state index contributed by atoms with van der Waals surface area (Å²) in [6.45, 7) is 0. The minimum Gasteiger partial charge on any atom is -0.293 e. The van der Waals surface area contributed by atoms with E-state index in [0.717, 1.165) is 11.7 Å². The maximum absolute atomic E-state index is 4.50. The Morgan fingerprint density at radius 3 is 2.78 bits per heavy atom. The Bertz CT molecular complexity index is 682. The summed E-state index contributed by atoms with van der Waals surface area (Å²) >= 11 is 0. The zero-order chi connectivity index (χ0) is 11.9. The van der Waals surface area contributed by atoms with Crippen LogP contribution in [0.2, 0.25) is 0 Å². The fraction of sp³-hybridized carbons (Fsp3) is 0. The van der Waals surface area contributed by atoms with Crippen LogP contribution in [0.1, 0.15) is 0 Å². The number of allylic oxidation sites excluding steroid dienone is 2. The third kappa shape index (κ3) is 1.22. The maximum atomic E-state index is 4.50. The van der Waals surface area contributed by atoms with Gasteiger partial charge in [0.15, 0.2) is 0 Å². The van der Waals surface area contributed by atoms with E-state index >= 15 is 0 Å². The number of aromatic nitrogens is 1. The average molecular weight is 236 g/mol. The summed E-state index contributed by atoms with van der Waals surface area (Å²) in [7, 11) is 0. The standard InChI is InChI=1S/C12H8N6/c1-2-7-17(6-1)12-15-10-5-3-4-9-13-8-14-11(16-12)18(9)10/h1-8H. The molecule has 0 amide bonds. The summed E-state index contributed by atoms with van der Waals surface area (Å²) in [6, 6.07) is 3.86. The van der Waals surface area contributed by atoms with Crippen molar-refractivity contribution in [2.24, 2.45) is 20.0 Å². The molecule has 0 saturated heterocycles. The molecule has 18 heavy (non-hydrogen) atoms. The smallest absolute Gasteiger partial charge is 0.241 e. The van der Waals surface area contributed by atoms with E-state index in [4.69, 9.17) is 0 Å². The molecule has 86 valence electrons. The predicted molar refractivity (Wildman–Crippen MR) is 69.7 cm³/mol. The van der Waals surface area contributed by atoms with Crippen LogP contribution >= 0.6 is 0 Å². The molecule has 0 fully saturated rings. The van der Waals surface area contributed by atoms with E-state index in [9.17, 15) is 0 Å². The lowest BCUT2D eigenvalue weighted by Gasteiger charge is -2.29. The number of hydrogen-bond donors (Lipinski definition) is 0. The van der Waals surface area contributed by atoms with Crippen molar-refractivity contribution in [3.05, 3.63) is 48.6 Å². The molecule has 0 unspecified atom stereocenters. The third-order valence-electron chi connectivity index (χ3n) is 2.76. The summed E-state index contributed by atoms with van der Waals surface area (Å²) < 4.78 is 1.85. The number of aliphatic imine (C=N–C) groups is 4. The van der Waals surface area contributed by atoms with Crippen molar-refractivity contribution in [1.82, 2.24) is 9.47 Å². The minimum atomic E-state index is 0.592. The first-order valence-electron chi connectivity index (χ1n) is 5.51. The molecule has 4 rings (SSSR count). The number of nitrogens with zero attached hydrogens (tertiary/aromatic N) is 6. The van der Waals surface area contributed by atoms with Crippen molar-refractivity contribution < 1.29 is 0 Å². The SMILES string of the molecule is C1=CC2=NC(n3cccc3)=NC3=NC=NC(=C1)N23. The van der Waals surface area contributed by atoms with E-state index in [0.29, 0.717) is 11.9 Å². The van der Waals surface area contributed by atoms with E-state index in [1.165, 1.54) is 6.34 Å². The highest BCUT2D eigenvalue weighted by molar-refractivity contribution is 6.19. The van der Waals surface area contributed by atoms with Gasteiger partial charge in [-0.15, -0.1) is 0 Å². The molecule has 0 bridgehead atoms. The molecule has 6 nitrogen and oxygen atoms in total. The molecule has 1 aromatic heterocycles. The second-order valence-corrected chi connectivity index (χ2v) is 3.87. The minimum absolute atomic E-state index is 0.592. The van der Waals surface area contributed by atoms with Crippen LogP contribution in [0.5, 0.6) is 0 Å². The molecular weight excluding hydrogens is 228 g/mol. The molecule has 0 aromatic carbocycles. The van der Waals surface area contributed by atoms with E-state index in [2.05, 4.69) is 20.0 Å². The van der Waals surface area contributed by atoms with Gasteiger partial charge in [-0.3, -0.25) is 4.57 Å². The highest BCUT2D eigenvalue weighted by Gasteiger charge is 2.28. The largest absolute Gasteiger partial charge is 0.293 e. The molecule has 4 heterocycles. The van der Waals surface area contributed by atoms with Crippen LogP contribution in [0, 0.1) is 0 Å². The maximum Gasteiger partial charge on any atom is 0.241 e. The van der Waals surface area contributed by atoms with Gasteiger partial charge in [0.05, 0.1) is 0 Å². The molecule has 3 aliphatic heterocycles. The zero-order valence-corrected chi connectivity index (χ0v) is 9.30. The monoisotopic (exact) mass is 236 g/mol. The number of amidine groups is 1. The lowest BCUT2D eigenvalue weighted by Crippen LogP contribution is -2.41. The van der Waals surface area contributed by atoms with Gasteiger partial charge < -0.3 is 0 Å². The molecule has 0 spiro atoms. The van der Waals surface area contributed by atoms with Gasteiger partial charge in [-0.05, 0) is 24.3 Å². The zero-order valence-electron chi connectivity index (χ0n) is 9.30. The van der Waals surface area contributed by atoms with E-state index < -0.39 is 0 Å². The summed E-state index contributed by atoms with van der Waals surface area (Å²) in [6.07, 6.45) is 11.1. The quantitative estimate of drug-likeness (QED) is 0.668. The predicted octanol–water partition coefficient (Wildman–Crippen LogP) is 1.22. The van der Waals surface area contributed by atoms with Crippen LogP contribution in [0.4, 0.5) is 0 Å². The van der Waals surface area contributed by atoms with Gasteiger partial charge in [0, 0.05) is 12.4 Å². The Hall–Kier alpha value is -2.76. The van der Waals surface area contributed by atoms with Crippen molar-refractivity contribution in [1.29, 1.82) is 0 Å². The Morgan fingerprint density at radius 2 is 1.89 bits per heavy atom. The fourth-order valence-corrected chi connectivity index (χ4v) is 1.96. The van der Waals surface area contributed by atoms with Gasteiger partial charge in [0.25, 0.3) is 0 Å². The van der Waals surface area contributed by atoms with Crippen LogP contribution < -0.4 is 0 Å². The number of guanidine groups is 1. The van der Waals surface area contributed by atoms with Gasteiger partial charge in [-0.25, -0.2) is 14.9 Å². The third-order valence-corrected chi connectivity index (χ3v) is 2.76. The normalized spacial score (nSPS) is 19.9. The van der Waals surface area contributed by atoms with Gasteiger partial charge in [0.2, 0.25) is 11.9 Å². The Labute approximate surface area is 103 Å². The van der Waals surface area contributed by atoms with Gasteiger partial charge >= 0.3 is 0 Å². The first-order valence-corrected chi connectivity index (χ1v) is 5.51. The Balaban J connectivity index is 1.89. The van der Waals surface area contributed by atoms with Crippen LogP contribution in [0.15, 0.2) is 68.5 Å². The highest BCUT2D eigenvalue weighted by atomic mass is 15.4. The molecule has 0 N–H and O–H groups in total. The average Bonchev–Trinajstić information content (AvgIpc) is 2.93. The molecule has 0 aliphatic carbocycles. The molecule has 3 aliphatic rings. The first-order chi connectivity index (χ1) is 8.92. The first kappa shape index (κ1) is 9.29. The lowest BCUT2D eigenvalue weighted by molar-refractivity contribution is 0.711. The topological polar surface area (TPSA) is 57.6 Å². The molecule has 6 heteroatoms.